The third-order valence-corrected chi connectivity index (χ3v) is 5.30. The van der Waals surface area contributed by atoms with Crippen LogP contribution in [0.4, 0.5) is 9.18 Å². The minimum Gasteiger partial charge on any atom is -0.465 e. The molecule has 0 saturated carbocycles. The summed E-state index contributed by atoms with van der Waals surface area (Å²) < 4.78 is 16.2. The number of carbonyl (C=O) groups is 1. The summed E-state index contributed by atoms with van der Waals surface area (Å²) in [5.74, 6) is -0.591. The van der Waals surface area contributed by atoms with E-state index in [1.54, 1.807) is 36.7 Å². The number of rotatable bonds is 6. The highest BCUT2D eigenvalue weighted by Gasteiger charge is 2.23. The van der Waals surface area contributed by atoms with Gasteiger partial charge in [0.05, 0.1) is 17.3 Å². The Morgan fingerprint density at radius 3 is 2.70 bits per heavy atom. The monoisotopic (exact) mass is 448 g/mol. The van der Waals surface area contributed by atoms with Crippen LogP contribution in [0.5, 0.6) is 0 Å². The van der Waals surface area contributed by atoms with Crippen LogP contribution in [0.3, 0.4) is 0 Å². The van der Waals surface area contributed by atoms with Gasteiger partial charge >= 0.3 is 6.09 Å². The number of pyridine rings is 1. The van der Waals surface area contributed by atoms with Crippen LogP contribution in [-0.2, 0) is 6.54 Å². The number of aromatic nitrogens is 3. The highest BCUT2D eigenvalue weighted by molar-refractivity contribution is 7.99. The highest BCUT2D eigenvalue weighted by atomic mass is 35.5. The molecule has 0 aliphatic heterocycles. The molecule has 0 atom stereocenters. The van der Waals surface area contributed by atoms with Gasteiger partial charge in [0.1, 0.15) is 10.7 Å². The first kappa shape index (κ1) is 22.1. The fraction of sp³-hybridized carbons (Fsp3) is 0.286. The van der Waals surface area contributed by atoms with E-state index in [1.165, 1.54) is 27.4 Å². The van der Waals surface area contributed by atoms with Crippen molar-refractivity contribution < 1.29 is 14.3 Å². The molecule has 2 aromatic heterocycles. The molecule has 0 bridgehead atoms. The highest BCUT2D eigenvalue weighted by Crippen LogP contribution is 2.32. The molecule has 9 heteroatoms. The van der Waals surface area contributed by atoms with E-state index in [-0.39, 0.29) is 22.7 Å². The molecule has 2 heterocycles. The van der Waals surface area contributed by atoms with Crippen LogP contribution in [0.15, 0.2) is 58.7 Å². The molecule has 1 N–H and O–H groups in total. The van der Waals surface area contributed by atoms with Crippen LogP contribution in [0.25, 0.3) is 5.69 Å². The first-order valence-electron chi connectivity index (χ1n) is 9.23. The van der Waals surface area contributed by atoms with E-state index in [4.69, 9.17) is 11.6 Å². The minimum atomic E-state index is -1.03. The molecule has 0 spiro atoms. The summed E-state index contributed by atoms with van der Waals surface area (Å²) in [4.78, 5) is 18.0. The number of hydrogen-bond acceptors (Lipinski definition) is 4. The summed E-state index contributed by atoms with van der Waals surface area (Å²) in [5.41, 5.74) is 0.484. The van der Waals surface area contributed by atoms with Crippen LogP contribution in [0, 0.1) is 11.2 Å². The average molecular weight is 449 g/mol. The van der Waals surface area contributed by atoms with Crippen molar-refractivity contribution in [2.45, 2.75) is 37.2 Å². The van der Waals surface area contributed by atoms with E-state index in [0.717, 1.165) is 4.90 Å². The lowest BCUT2D eigenvalue weighted by atomic mass is 9.96. The minimum absolute atomic E-state index is 0.0122. The van der Waals surface area contributed by atoms with Crippen LogP contribution in [0.1, 0.15) is 26.5 Å². The molecule has 0 radical (unpaired) electrons. The van der Waals surface area contributed by atoms with E-state index in [9.17, 15) is 14.3 Å². The second-order valence-electron chi connectivity index (χ2n) is 7.95. The lowest BCUT2D eigenvalue weighted by Crippen LogP contribution is -2.36. The topological polar surface area (TPSA) is 71.2 Å². The SMILES string of the molecule is CC(C)(C)CN(Cc1cc(Sc2cccnc2)n(-c2cccc(Cl)c2F)n1)C(=O)O. The second-order valence-corrected chi connectivity index (χ2v) is 9.45. The molecule has 30 heavy (non-hydrogen) atoms. The maximum atomic E-state index is 14.7. The zero-order valence-corrected chi connectivity index (χ0v) is 18.4. The Bertz CT molecular complexity index is 1040. The molecule has 0 aliphatic carbocycles. The van der Waals surface area contributed by atoms with Gasteiger partial charge in [-0.05, 0) is 35.7 Å². The smallest absolute Gasteiger partial charge is 0.407 e. The van der Waals surface area contributed by atoms with E-state index < -0.39 is 11.9 Å². The third kappa shape index (κ3) is 5.52. The Morgan fingerprint density at radius 1 is 1.30 bits per heavy atom. The molecule has 3 rings (SSSR count). The summed E-state index contributed by atoms with van der Waals surface area (Å²) in [5, 5.41) is 14.7. The van der Waals surface area contributed by atoms with Gasteiger partial charge in [-0.15, -0.1) is 0 Å². The zero-order chi connectivity index (χ0) is 21.9. The van der Waals surface area contributed by atoms with Crippen molar-refractivity contribution >= 4 is 29.5 Å². The van der Waals surface area contributed by atoms with Crippen molar-refractivity contribution in [1.82, 2.24) is 19.7 Å². The summed E-state index contributed by atoms with van der Waals surface area (Å²) >= 11 is 7.32. The largest absolute Gasteiger partial charge is 0.465 e. The van der Waals surface area contributed by atoms with E-state index in [0.29, 0.717) is 17.3 Å². The summed E-state index contributed by atoms with van der Waals surface area (Å²) in [6.45, 7) is 6.32. The number of hydrogen-bond donors (Lipinski definition) is 1. The van der Waals surface area contributed by atoms with E-state index >= 15 is 0 Å². The molecule has 1 amide bonds. The number of nitrogens with zero attached hydrogens (tertiary/aromatic N) is 4. The van der Waals surface area contributed by atoms with Crippen molar-refractivity contribution in [3.8, 4) is 5.69 Å². The molecular formula is C21H22ClFN4O2S. The number of benzene rings is 1. The number of amides is 1. The van der Waals surface area contributed by atoms with Crippen molar-refractivity contribution in [3.05, 3.63) is 65.3 Å². The van der Waals surface area contributed by atoms with Gasteiger partial charge in [-0.2, -0.15) is 5.10 Å². The summed E-state index contributed by atoms with van der Waals surface area (Å²) in [6, 6.07) is 10.1. The van der Waals surface area contributed by atoms with Gasteiger partial charge in [0.15, 0.2) is 5.82 Å². The van der Waals surface area contributed by atoms with Crippen LogP contribution >= 0.6 is 23.4 Å². The first-order valence-corrected chi connectivity index (χ1v) is 10.4. The molecule has 3 aromatic rings. The van der Waals surface area contributed by atoms with Crippen molar-refractivity contribution in [1.29, 1.82) is 0 Å². The maximum Gasteiger partial charge on any atom is 0.407 e. The molecule has 0 aliphatic rings. The fourth-order valence-corrected chi connectivity index (χ4v) is 3.97. The van der Waals surface area contributed by atoms with Crippen LogP contribution in [0.2, 0.25) is 5.02 Å². The quantitative estimate of drug-likeness (QED) is 0.520. The van der Waals surface area contributed by atoms with Gasteiger partial charge in [-0.25, -0.2) is 13.9 Å². The molecule has 6 nitrogen and oxygen atoms in total. The molecule has 1 aromatic carbocycles. The first-order chi connectivity index (χ1) is 14.1. The van der Waals surface area contributed by atoms with E-state index in [1.807, 2.05) is 26.8 Å². The molecule has 0 fully saturated rings. The standard InChI is InChI=1S/C21H22ClFN4O2S/c1-21(2,3)13-26(20(28)29)12-14-10-18(30-15-6-5-9-24-11-15)27(25-14)17-8-4-7-16(22)19(17)23/h4-11H,12-13H2,1-3H3,(H,28,29). The average Bonchev–Trinajstić information content (AvgIpc) is 3.05. The number of halogens is 2. The lowest BCUT2D eigenvalue weighted by Gasteiger charge is -2.27. The second kappa shape index (κ2) is 9.06. The van der Waals surface area contributed by atoms with E-state index in [2.05, 4.69) is 10.1 Å². The predicted octanol–water partition coefficient (Wildman–Crippen LogP) is 5.74. The van der Waals surface area contributed by atoms with Gasteiger partial charge in [0.25, 0.3) is 0 Å². The van der Waals surface area contributed by atoms with Crippen molar-refractivity contribution in [3.63, 3.8) is 0 Å². The Balaban J connectivity index is 2.01. The van der Waals surface area contributed by atoms with Gasteiger partial charge in [-0.1, -0.05) is 50.2 Å². The fourth-order valence-electron chi connectivity index (χ4n) is 2.88. The predicted molar refractivity (Wildman–Crippen MR) is 115 cm³/mol. The van der Waals surface area contributed by atoms with Gasteiger partial charge in [0, 0.05) is 23.8 Å². The zero-order valence-electron chi connectivity index (χ0n) is 16.8. The van der Waals surface area contributed by atoms with Crippen LogP contribution < -0.4 is 0 Å². The summed E-state index contributed by atoms with van der Waals surface area (Å²) in [6.07, 6.45) is 2.33. The normalized spacial score (nSPS) is 11.5. The van der Waals surface area contributed by atoms with Gasteiger partial charge in [-0.3, -0.25) is 4.98 Å². The molecule has 0 saturated heterocycles. The Morgan fingerprint density at radius 2 is 2.07 bits per heavy atom. The maximum absolute atomic E-state index is 14.7. The van der Waals surface area contributed by atoms with Crippen molar-refractivity contribution in [2.75, 3.05) is 6.54 Å². The Hall–Kier alpha value is -2.58. The molecule has 0 unspecified atom stereocenters. The third-order valence-electron chi connectivity index (χ3n) is 4.03. The molecular weight excluding hydrogens is 427 g/mol. The van der Waals surface area contributed by atoms with Gasteiger partial charge < -0.3 is 10.0 Å². The summed E-state index contributed by atoms with van der Waals surface area (Å²) in [7, 11) is 0. The molecule has 158 valence electrons. The lowest BCUT2D eigenvalue weighted by molar-refractivity contribution is 0.122. The Kier molecular flexibility index (Phi) is 6.67. The number of carboxylic acid groups (broad SMARTS) is 1. The van der Waals surface area contributed by atoms with Crippen molar-refractivity contribution in [2.24, 2.45) is 5.41 Å². The van der Waals surface area contributed by atoms with Gasteiger partial charge in [0.2, 0.25) is 0 Å². The van der Waals surface area contributed by atoms with Crippen LogP contribution in [-0.4, -0.2) is 37.4 Å². The Labute approximate surface area is 183 Å².